The molecule has 5 rings (SSSR count). The van der Waals surface area contributed by atoms with Crippen LogP contribution >= 0.6 is 0 Å². The highest BCUT2D eigenvalue weighted by atomic mass is 19.1. The molecule has 2 aromatic carbocycles. The highest BCUT2D eigenvalue weighted by molar-refractivity contribution is 5.64. The molecule has 0 amide bonds. The average molecular weight is 430 g/mol. The second kappa shape index (κ2) is 8.91. The van der Waals surface area contributed by atoms with Gasteiger partial charge in [0.15, 0.2) is 5.82 Å². The SMILES string of the molecule is N#Cc1cc(-c2nccc(Nc3ccc(N4CCN(C5COC5)CC4)cc3)n2)ccc1F. The van der Waals surface area contributed by atoms with Crippen molar-refractivity contribution in [3.63, 3.8) is 0 Å². The van der Waals surface area contributed by atoms with Gasteiger partial charge in [-0.2, -0.15) is 5.26 Å². The Hall–Kier alpha value is -3.54. The zero-order chi connectivity index (χ0) is 21.9. The van der Waals surface area contributed by atoms with Crippen LogP contribution in [0.15, 0.2) is 54.7 Å². The first-order chi connectivity index (χ1) is 15.7. The molecule has 0 unspecified atom stereocenters. The van der Waals surface area contributed by atoms with Crippen molar-refractivity contribution >= 4 is 17.2 Å². The van der Waals surface area contributed by atoms with E-state index in [0.29, 0.717) is 23.2 Å². The summed E-state index contributed by atoms with van der Waals surface area (Å²) in [5.41, 5.74) is 2.69. The number of hydrogen-bond donors (Lipinski definition) is 1. The van der Waals surface area contributed by atoms with Crippen LogP contribution in [0.5, 0.6) is 0 Å². The van der Waals surface area contributed by atoms with Crippen LogP contribution in [-0.4, -0.2) is 60.3 Å². The third-order valence-electron chi connectivity index (χ3n) is 5.96. The van der Waals surface area contributed by atoms with Gasteiger partial charge in [0, 0.05) is 49.3 Å². The van der Waals surface area contributed by atoms with E-state index in [1.807, 2.05) is 18.2 Å². The van der Waals surface area contributed by atoms with Crippen LogP contribution in [-0.2, 0) is 4.74 Å². The molecule has 2 saturated heterocycles. The number of anilines is 3. The normalized spacial score (nSPS) is 16.9. The topological polar surface area (TPSA) is 77.3 Å². The largest absolute Gasteiger partial charge is 0.378 e. The van der Waals surface area contributed by atoms with Crippen molar-refractivity contribution in [2.24, 2.45) is 0 Å². The molecule has 1 N–H and O–H groups in total. The van der Waals surface area contributed by atoms with Gasteiger partial charge in [-0.15, -0.1) is 0 Å². The van der Waals surface area contributed by atoms with E-state index in [1.165, 1.54) is 17.8 Å². The molecule has 0 saturated carbocycles. The summed E-state index contributed by atoms with van der Waals surface area (Å²) in [4.78, 5) is 13.7. The Morgan fingerprint density at radius 1 is 1.03 bits per heavy atom. The maximum Gasteiger partial charge on any atom is 0.161 e. The Morgan fingerprint density at radius 3 is 2.50 bits per heavy atom. The molecule has 2 aliphatic heterocycles. The second-order valence-electron chi connectivity index (χ2n) is 7.96. The number of aromatic nitrogens is 2. The van der Waals surface area contributed by atoms with Crippen LogP contribution in [0.25, 0.3) is 11.4 Å². The fourth-order valence-electron chi connectivity index (χ4n) is 4.00. The van der Waals surface area contributed by atoms with Gasteiger partial charge in [0.05, 0.1) is 24.8 Å². The summed E-state index contributed by atoms with van der Waals surface area (Å²) in [5.74, 6) is 0.504. The smallest absolute Gasteiger partial charge is 0.161 e. The number of hydrogen-bond acceptors (Lipinski definition) is 7. The van der Waals surface area contributed by atoms with Crippen LogP contribution in [0.4, 0.5) is 21.6 Å². The van der Waals surface area contributed by atoms with Gasteiger partial charge in [0.2, 0.25) is 0 Å². The number of nitrogens with one attached hydrogen (secondary N) is 1. The molecule has 7 nitrogen and oxygen atoms in total. The fraction of sp³-hybridized carbons (Fsp3) is 0.292. The number of ether oxygens (including phenoxy) is 1. The van der Waals surface area contributed by atoms with Crippen molar-refractivity contribution in [2.75, 3.05) is 49.6 Å². The lowest BCUT2D eigenvalue weighted by atomic mass is 10.1. The molecule has 0 aliphatic carbocycles. The minimum Gasteiger partial charge on any atom is -0.378 e. The predicted octanol–water partition coefficient (Wildman–Crippen LogP) is 3.42. The quantitative estimate of drug-likeness (QED) is 0.665. The standard InChI is InChI=1S/C24H23FN6O/c25-22-6-1-17(13-18(22)14-26)24-27-8-7-23(29-24)28-19-2-4-20(5-3-19)30-9-11-31(12-10-30)21-15-32-16-21/h1-8,13,21H,9-12,15-16H2,(H,27,28,29). The predicted molar refractivity (Wildman–Crippen MR) is 120 cm³/mol. The minimum absolute atomic E-state index is 0.0260. The van der Waals surface area contributed by atoms with Gasteiger partial charge in [0.1, 0.15) is 17.7 Å². The first-order valence-corrected chi connectivity index (χ1v) is 10.7. The molecule has 2 fully saturated rings. The van der Waals surface area contributed by atoms with Crippen LogP contribution in [0.3, 0.4) is 0 Å². The monoisotopic (exact) mass is 430 g/mol. The van der Waals surface area contributed by atoms with E-state index < -0.39 is 5.82 Å². The summed E-state index contributed by atoms with van der Waals surface area (Å²) in [6.45, 7) is 5.89. The average Bonchev–Trinajstić information content (AvgIpc) is 2.80. The molecule has 3 aromatic rings. The van der Waals surface area contributed by atoms with Gasteiger partial charge in [-0.05, 0) is 48.5 Å². The van der Waals surface area contributed by atoms with E-state index in [2.05, 4.69) is 37.2 Å². The lowest BCUT2D eigenvalue weighted by molar-refractivity contribution is -0.0660. The number of benzene rings is 2. The zero-order valence-corrected chi connectivity index (χ0v) is 17.5. The summed E-state index contributed by atoms with van der Waals surface area (Å²) in [5, 5.41) is 12.3. The Morgan fingerprint density at radius 2 is 1.81 bits per heavy atom. The van der Waals surface area contributed by atoms with Gasteiger partial charge < -0.3 is 15.0 Å². The lowest BCUT2D eigenvalue weighted by Gasteiger charge is -2.43. The van der Waals surface area contributed by atoms with E-state index in [9.17, 15) is 4.39 Å². The van der Waals surface area contributed by atoms with Crippen LogP contribution in [0.2, 0.25) is 0 Å². The zero-order valence-electron chi connectivity index (χ0n) is 17.5. The Bertz CT molecular complexity index is 1130. The van der Waals surface area contributed by atoms with Gasteiger partial charge in [-0.3, -0.25) is 4.90 Å². The minimum atomic E-state index is -0.552. The highest BCUT2D eigenvalue weighted by Gasteiger charge is 2.28. The van der Waals surface area contributed by atoms with Gasteiger partial charge in [-0.1, -0.05) is 0 Å². The van der Waals surface area contributed by atoms with E-state index in [0.717, 1.165) is 45.1 Å². The maximum atomic E-state index is 13.6. The Balaban J connectivity index is 1.24. The number of halogens is 1. The number of nitrogens with zero attached hydrogens (tertiary/aromatic N) is 5. The van der Waals surface area contributed by atoms with E-state index in [4.69, 9.17) is 10.00 Å². The summed E-state index contributed by atoms with van der Waals surface area (Å²) in [7, 11) is 0. The Labute approximate surface area is 186 Å². The molecule has 2 aliphatic rings. The molecule has 3 heterocycles. The molecular weight excluding hydrogens is 407 g/mol. The molecule has 0 radical (unpaired) electrons. The summed E-state index contributed by atoms with van der Waals surface area (Å²) in [6, 6.07) is 16.8. The molecule has 0 spiro atoms. The summed E-state index contributed by atoms with van der Waals surface area (Å²) >= 11 is 0. The van der Waals surface area contributed by atoms with Crippen molar-refractivity contribution < 1.29 is 9.13 Å². The molecule has 8 heteroatoms. The number of piperazine rings is 1. The van der Waals surface area contributed by atoms with Crippen LogP contribution in [0.1, 0.15) is 5.56 Å². The highest BCUT2D eigenvalue weighted by Crippen LogP contribution is 2.24. The van der Waals surface area contributed by atoms with Gasteiger partial charge in [-0.25, -0.2) is 14.4 Å². The van der Waals surface area contributed by atoms with E-state index in [-0.39, 0.29) is 5.56 Å². The van der Waals surface area contributed by atoms with Crippen molar-refractivity contribution in [3.8, 4) is 17.5 Å². The van der Waals surface area contributed by atoms with Crippen molar-refractivity contribution in [3.05, 3.63) is 66.1 Å². The number of nitriles is 1. The molecule has 32 heavy (non-hydrogen) atoms. The van der Waals surface area contributed by atoms with Crippen molar-refractivity contribution in [2.45, 2.75) is 6.04 Å². The van der Waals surface area contributed by atoms with E-state index >= 15 is 0 Å². The summed E-state index contributed by atoms with van der Waals surface area (Å²) < 4.78 is 18.9. The Kier molecular flexibility index (Phi) is 5.67. The van der Waals surface area contributed by atoms with Crippen molar-refractivity contribution in [1.29, 1.82) is 5.26 Å². The first-order valence-electron chi connectivity index (χ1n) is 10.7. The lowest BCUT2D eigenvalue weighted by Crippen LogP contribution is -2.56. The number of rotatable bonds is 5. The van der Waals surface area contributed by atoms with Gasteiger partial charge >= 0.3 is 0 Å². The van der Waals surface area contributed by atoms with Crippen LogP contribution in [0, 0.1) is 17.1 Å². The molecule has 0 bridgehead atoms. The second-order valence-corrected chi connectivity index (χ2v) is 7.96. The first kappa shape index (κ1) is 20.4. The van der Waals surface area contributed by atoms with E-state index in [1.54, 1.807) is 18.3 Å². The summed E-state index contributed by atoms with van der Waals surface area (Å²) in [6.07, 6.45) is 1.64. The van der Waals surface area contributed by atoms with Gasteiger partial charge in [0.25, 0.3) is 0 Å². The molecule has 162 valence electrons. The maximum absolute atomic E-state index is 13.6. The molecular formula is C24H23FN6O. The fourth-order valence-corrected chi connectivity index (χ4v) is 4.00. The molecule has 1 aromatic heterocycles. The third kappa shape index (κ3) is 4.26. The van der Waals surface area contributed by atoms with Crippen LogP contribution < -0.4 is 10.2 Å². The third-order valence-corrected chi connectivity index (χ3v) is 5.96. The van der Waals surface area contributed by atoms with Crippen molar-refractivity contribution in [1.82, 2.24) is 14.9 Å². The molecule has 0 atom stereocenters.